The Labute approximate surface area is 141 Å². The van der Waals surface area contributed by atoms with Crippen LogP contribution in [0.5, 0.6) is 0 Å². The number of halogens is 2. The molecule has 0 saturated carbocycles. The number of hydrogen-bond donors (Lipinski definition) is 2. The summed E-state index contributed by atoms with van der Waals surface area (Å²) in [4.78, 5) is 11.2. The topological polar surface area (TPSA) is 41.1 Å². The fourth-order valence-corrected chi connectivity index (χ4v) is 2.61. The second-order valence-corrected chi connectivity index (χ2v) is 6.07. The molecule has 0 aliphatic carbocycles. The smallest absolute Gasteiger partial charge is 0.175 e. The quantitative estimate of drug-likeness (QED) is 0.570. The summed E-state index contributed by atoms with van der Waals surface area (Å²) < 4.78 is 0.900. The van der Waals surface area contributed by atoms with Crippen molar-refractivity contribution in [1.82, 2.24) is 0 Å². The highest BCUT2D eigenvalue weighted by Crippen LogP contribution is 2.25. The van der Waals surface area contributed by atoms with E-state index in [1.165, 1.54) is 6.92 Å². The van der Waals surface area contributed by atoms with E-state index in [0.717, 1.165) is 15.8 Å². The van der Waals surface area contributed by atoms with Gasteiger partial charge in [0.2, 0.25) is 0 Å². The Morgan fingerprint density at radius 2 is 1.81 bits per heavy atom. The van der Waals surface area contributed by atoms with Gasteiger partial charge >= 0.3 is 0 Å². The predicted octanol–water partition coefficient (Wildman–Crippen LogP) is 5.11. The van der Waals surface area contributed by atoms with Crippen LogP contribution in [0.1, 0.15) is 17.3 Å². The molecule has 0 heterocycles. The maximum absolute atomic E-state index is 11.2. The second kappa shape index (κ2) is 7.02. The summed E-state index contributed by atoms with van der Waals surface area (Å²) >= 11 is 14.7. The van der Waals surface area contributed by atoms with Crippen molar-refractivity contribution in [3.8, 4) is 0 Å². The second-order valence-electron chi connectivity index (χ2n) is 4.34. The standard InChI is InChI=1S/C15H12BrClN2OS/c1-9(20)10-2-5-12(6-3-10)18-15(21)19-14-7-4-11(16)8-13(14)17/h2-8H,1H3,(H2,18,19,21). The van der Waals surface area contributed by atoms with Crippen LogP contribution in [0.25, 0.3) is 0 Å². The van der Waals surface area contributed by atoms with Crippen LogP contribution in [-0.2, 0) is 0 Å². The summed E-state index contributed by atoms with van der Waals surface area (Å²) in [5, 5.41) is 7.06. The first-order valence-electron chi connectivity index (χ1n) is 6.10. The van der Waals surface area contributed by atoms with E-state index < -0.39 is 0 Å². The van der Waals surface area contributed by atoms with Crippen LogP contribution in [0.2, 0.25) is 5.02 Å². The molecule has 0 aliphatic heterocycles. The lowest BCUT2D eigenvalue weighted by molar-refractivity contribution is 0.101. The van der Waals surface area contributed by atoms with Crippen LogP contribution in [0.4, 0.5) is 11.4 Å². The van der Waals surface area contributed by atoms with Gasteiger partial charge in [0, 0.05) is 15.7 Å². The Bertz CT molecular complexity index is 689. The summed E-state index contributed by atoms with van der Waals surface area (Å²) in [6.07, 6.45) is 0. The van der Waals surface area contributed by atoms with Crippen molar-refractivity contribution in [2.45, 2.75) is 6.92 Å². The van der Waals surface area contributed by atoms with Gasteiger partial charge < -0.3 is 10.6 Å². The lowest BCUT2D eigenvalue weighted by atomic mass is 10.1. The first-order valence-corrected chi connectivity index (χ1v) is 7.67. The zero-order valence-corrected chi connectivity index (χ0v) is 14.3. The van der Waals surface area contributed by atoms with Crippen LogP contribution in [0.3, 0.4) is 0 Å². The molecule has 21 heavy (non-hydrogen) atoms. The molecular weight excluding hydrogens is 372 g/mol. The molecule has 3 nitrogen and oxygen atoms in total. The van der Waals surface area contributed by atoms with E-state index in [9.17, 15) is 4.79 Å². The van der Waals surface area contributed by atoms with E-state index in [-0.39, 0.29) is 5.78 Å². The van der Waals surface area contributed by atoms with Crippen molar-refractivity contribution >= 4 is 62.0 Å². The number of hydrogen-bond acceptors (Lipinski definition) is 2. The fraction of sp³-hybridized carbons (Fsp3) is 0.0667. The number of benzene rings is 2. The average Bonchev–Trinajstić information content (AvgIpc) is 2.42. The van der Waals surface area contributed by atoms with Crippen molar-refractivity contribution < 1.29 is 4.79 Å². The third-order valence-corrected chi connectivity index (χ3v) is 3.74. The van der Waals surface area contributed by atoms with Gasteiger partial charge in [-0.3, -0.25) is 4.79 Å². The first kappa shape index (κ1) is 15.9. The van der Waals surface area contributed by atoms with Gasteiger partial charge in [-0.05, 0) is 61.6 Å². The minimum atomic E-state index is 0.0314. The molecule has 0 bridgehead atoms. The van der Waals surface area contributed by atoms with E-state index in [1.54, 1.807) is 30.3 Å². The van der Waals surface area contributed by atoms with Crippen LogP contribution in [-0.4, -0.2) is 10.9 Å². The molecule has 0 amide bonds. The molecule has 0 aromatic heterocycles. The molecule has 2 rings (SSSR count). The summed E-state index contributed by atoms with van der Waals surface area (Å²) in [6, 6.07) is 12.6. The number of thiocarbonyl (C=S) groups is 1. The largest absolute Gasteiger partial charge is 0.332 e. The molecule has 0 aliphatic rings. The number of Topliss-reactive ketones (excluding diaryl/α,β-unsaturated/α-hetero) is 1. The molecule has 0 fully saturated rings. The third-order valence-electron chi connectivity index (χ3n) is 2.73. The van der Waals surface area contributed by atoms with Crippen molar-refractivity contribution in [1.29, 1.82) is 0 Å². The maximum atomic E-state index is 11.2. The summed E-state index contributed by atoms with van der Waals surface area (Å²) in [7, 11) is 0. The molecule has 0 unspecified atom stereocenters. The maximum Gasteiger partial charge on any atom is 0.175 e. The van der Waals surface area contributed by atoms with Gasteiger partial charge in [-0.25, -0.2) is 0 Å². The van der Waals surface area contributed by atoms with Gasteiger partial charge in [-0.1, -0.05) is 27.5 Å². The number of nitrogens with one attached hydrogen (secondary N) is 2. The monoisotopic (exact) mass is 382 g/mol. The van der Waals surface area contributed by atoms with Crippen LogP contribution in [0.15, 0.2) is 46.9 Å². The Hall–Kier alpha value is -1.43. The van der Waals surface area contributed by atoms with Gasteiger partial charge in [-0.15, -0.1) is 0 Å². The molecule has 0 radical (unpaired) electrons. The van der Waals surface area contributed by atoms with Crippen molar-refractivity contribution in [3.05, 3.63) is 57.5 Å². The summed E-state index contributed by atoms with van der Waals surface area (Å²) in [5.74, 6) is 0.0314. The number of anilines is 2. The number of carbonyl (C=O) groups excluding carboxylic acids is 1. The fourth-order valence-electron chi connectivity index (χ4n) is 1.66. The number of ketones is 1. The predicted molar refractivity (Wildman–Crippen MR) is 95.4 cm³/mol. The molecule has 6 heteroatoms. The average molecular weight is 384 g/mol. The van der Waals surface area contributed by atoms with E-state index in [2.05, 4.69) is 26.6 Å². The highest BCUT2D eigenvalue weighted by molar-refractivity contribution is 9.10. The van der Waals surface area contributed by atoms with Crippen molar-refractivity contribution in [2.24, 2.45) is 0 Å². The lowest BCUT2D eigenvalue weighted by Crippen LogP contribution is -2.19. The van der Waals surface area contributed by atoms with E-state index >= 15 is 0 Å². The molecule has 2 aromatic rings. The number of rotatable bonds is 3. The lowest BCUT2D eigenvalue weighted by Gasteiger charge is -2.12. The van der Waals surface area contributed by atoms with Crippen LogP contribution < -0.4 is 10.6 Å². The van der Waals surface area contributed by atoms with Gasteiger partial charge in [0.1, 0.15) is 0 Å². The Kier molecular flexibility index (Phi) is 5.33. The van der Waals surface area contributed by atoms with E-state index in [4.69, 9.17) is 23.8 Å². The first-order chi connectivity index (χ1) is 9.95. The molecule has 0 spiro atoms. The molecule has 2 N–H and O–H groups in total. The highest BCUT2D eigenvalue weighted by atomic mass is 79.9. The van der Waals surface area contributed by atoms with E-state index in [1.807, 2.05) is 12.1 Å². The minimum absolute atomic E-state index is 0.0314. The zero-order valence-electron chi connectivity index (χ0n) is 11.1. The Morgan fingerprint density at radius 1 is 1.14 bits per heavy atom. The Balaban J connectivity index is 2.02. The normalized spacial score (nSPS) is 10.0. The van der Waals surface area contributed by atoms with Crippen LogP contribution in [0, 0.1) is 0 Å². The summed E-state index contributed by atoms with van der Waals surface area (Å²) in [6.45, 7) is 1.53. The van der Waals surface area contributed by atoms with Gasteiger partial charge in [0.25, 0.3) is 0 Å². The molecule has 0 saturated heterocycles. The Morgan fingerprint density at radius 3 is 2.38 bits per heavy atom. The third kappa shape index (κ3) is 4.52. The minimum Gasteiger partial charge on any atom is -0.332 e. The molecule has 2 aromatic carbocycles. The van der Waals surface area contributed by atoms with E-state index in [0.29, 0.717) is 15.7 Å². The van der Waals surface area contributed by atoms with Crippen molar-refractivity contribution in [3.63, 3.8) is 0 Å². The summed E-state index contributed by atoms with van der Waals surface area (Å²) in [5.41, 5.74) is 2.18. The highest BCUT2D eigenvalue weighted by Gasteiger charge is 2.04. The molecule has 0 atom stereocenters. The SMILES string of the molecule is CC(=O)c1ccc(NC(=S)Nc2ccc(Br)cc2Cl)cc1. The molecular formula is C15H12BrClN2OS. The zero-order chi connectivity index (χ0) is 15.4. The van der Waals surface area contributed by atoms with Gasteiger partial charge in [0.05, 0.1) is 10.7 Å². The van der Waals surface area contributed by atoms with Gasteiger partial charge in [-0.2, -0.15) is 0 Å². The number of carbonyl (C=O) groups is 1. The van der Waals surface area contributed by atoms with Crippen LogP contribution >= 0.6 is 39.7 Å². The van der Waals surface area contributed by atoms with Crippen molar-refractivity contribution in [2.75, 3.05) is 10.6 Å². The molecule has 108 valence electrons. The van der Waals surface area contributed by atoms with Gasteiger partial charge in [0.15, 0.2) is 10.9 Å².